The molecule has 2 amide bonds. The summed E-state index contributed by atoms with van der Waals surface area (Å²) in [5.74, 6) is -0.149. The Labute approximate surface area is 91.6 Å². The molecule has 3 nitrogen and oxygen atoms in total. The van der Waals surface area contributed by atoms with Gasteiger partial charge in [0.2, 0.25) is 11.8 Å². The summed E-state index contributed by atoms with van der Waals surface area (Å²) >= 11 is 0. The van der Waals surface area contributed by atoms with Crippen LogP contribution in [0.3, 0.4) is 0 Å². The zero-order valence-corrected chi connectivity index (χ0v) is 9.93. The van der Waals surface area contributed by atoms with Gasteiger partial charge >= 0.3 is 0 Å². The predicted octanol–water partition coefficient (Wildman–Crippen LogP) is 2.26. The van der Waals surface area contributed by atoms with E-state index < -0.39 is 0 Å². The quantitative estimate of drug-likeness (QED) is 0.725. The number of carbonyl (C=O) groups excluding carboxylic acids is 2. The van der Waals surface area contributed by atoms with Crippen LogP contribution in [-0.4, -0.2) is 11.8 Å². The van der Waals surface area contributed by atoms with Crippen molar-refractivity contribution in [2.24, 2.45) is 11.3 Å². The largest absolute Gasteiger partial charge is 0.296 e. The highest BCUT2D eigenvalue weighted by atomic mass is 16.2. The Hall–Kier alpha value is -0.860. The Balaban J connectivity index is 2.96. The number of carbonyl (C=O) groups is 2. The zero-order valence-electron chi connectivity index (χ0n) is 9.93. The van der Waals surface area contributed by atoms with Gasteiger partial charge in [-0.1, -0.05) is 27.2 Å². The van der Waals surface area contributed by atoms with Gasteiger partial charge in [0.15, 0.2) is 0 Å². The van der Waals surface area contributed by atoms with Gasteiger partial charge in [0.1, 0.15) is 0 Å². The first-order chi connectivity index (χ1) is 7.09. The molecule has 0 aromatic carbocycles. The molecule has 0 aliphatic carbocycles. The smallest absolute Gasteiger partial charge is 0.230 e. The molecule has 0 bridgehead atoms. The van der Waals surface area contributed by atoms with Crippen LogP contribution < -0.4 is 5.32 Å². The summed E-state index contributed by atoms with van der Waals surface area (Å²) < 4.78 is 0. The van der Waals surface area contributed by atoms with Crippen LogP contribution in [-0.2, 0) is 9.59 Å². The van der Waals surface area contributed by atoms with Crippen molar-refractivity contribution in [3.05, 3.63) is 0 Å². The van der Waals surface area contributed by atoms with E-state index in [9.17, 15) is 9.59 Å². The normalized spacial score (nSPS) is 31.5. The molecule has 0 aromatic heterocycles. The molecule has 1 rings (SSSR count). The lowest BCUT2D eigenvalue weighted by Crippen LogP contribution is -2.51. The van der Waals surface area contributed by atoms with Crippen LogP contribution in [0.15, 0.2) is 0 Å². The summed E-state index contributed by atoms with van der Waals surface area (Å²) in [5.41, 5.74) is -0.0804. The van der Waals surface area contributed by atoms with Gasteiger partial charge in [0, 0.05) is 12.3 Å². The van der Waals surface area contributed by atoms with E-state index >= 15 is 0 Å². The van der Waals surface area contributed by atoms with Gasteiger partial charge in [-0.3, -0.25) is 14.9 Å². The molecule has 1 N–H and O–H groups in total. The molecule has 0 radical (unpaired) electrons. The lowest BCUT2D eigenvalue weighted by Gasteiger charge is -2.41. The first-order valence-electron chi connectivity index (χ1n) is 5.93. The zero-order chi connectivity index (χ0) is 11.5. The first kappa shape index (κ1) is 12.2. The molecule has 86 valence electrons. The molecular formula is C12H21NO2. The highest BCUT2D eigenvalue weighted by Gasteiger charge is 2.45. The monoisotopic (exact) mass is 211 g/mol. The Morgan fingerprint density at radius 2 is 2.00 bits per heavy atom. The van der Waals surface area contributed by atoms with E-state index in [1.165, 1.54) is 0 Å². The molecule has 2 atom stereocenters. The van der Waals surface area contributed by atoms with Gasteiger partial charge in [-0.15, -0.1) is 0 Å². The SMILES string of the molecule is CCCC1(CC)CC(=O)NC(=O)C1CC. The summed E-state index contributed by atoms with van der Waals surface area (Å²) in [6, 6.07) is 0. The molecule has 15 heavy (non-hydrogen) atoms. The van der Waals surface area contributed by atoms with Crippen LogP contribution >= 0.6 is 0 Å². The summed E-state index contributed by atoms with van der Waals surface area (Å²) in [4.78, 5) is 23.2. The van der Waals surface area contributed by atoms with Crippen molar-refractivity contribution in [1.29, 1.82) is 0 Å². The first-order valence-corrected chi connectivity index (χ1v) is 5.93. The Morgan fingerprint density at radius 1 is 1.33 bits per heavy atom. The molecule has 0 aromatic rings. The van der Waals surface area contributed by atoms with Crippen LogP contribution in [0.2, 0.25) is 0 Å². The van der Waals surface area contributed by atoms with Crippen LogP contribution in [0, 0.1) is 11.3 Å². The van der Waals surface area contributed by atoms with Crippen LogP contribution in [0.5, 0.6) is 0 Å². The molecule has 0 spiro atoms. The molecule has 3 heteroatoms. The number of hydrogen-bond acceptors (Lipinski definition) is 2. The molecule has 1 aliphatic rings. The van der Waals surface area contributed by atoms with Crippen molar-refractivity contribution in [2.75, 3.05) is 0 Å². The molecule has 1 heterocycles. The standard InChI is InChI=1S/C12H21NO2/c1-4-7-12(6-3)8-10(14)13-11(15)9(12)5-2/h9H,4-8H2,1-3H3,(H,13,14,15). The van der Waals surface area contributed by atoms with Crippen LogP contribution in [0.4, 0.5) is 0 Å². The minimum atomic E-state index is -0.0972. The fourth-order valence-electron chi connectivity index (χ4n) is 2.92. The maximum absolute atomic E-state index is 11.8. The summed E-state index contributed by atoms with van der Waals surface area (Å²) in [6.07, 6.45) is 4.26. The second-order valence-corrected chi connectivity index (χ2v) is 4.52. The lowest BCUT2D eigenvalue weighted by molar-refractivity contribution is -0.144. The lowest BCUT2D eigenvalue weighted by atomic mass is 9.65. The number of amides is 2. The molecule has 1 fully saturated rings. The second kappa shape index (κ2) is 4.77. The van der Waals surface area contributed by atoms with E-state index in [0.717, 1.165) is 25.7 Å². The Kier molecular flexibility index (Phi) is 3.89. The average Bonchev–Trinajstić information content (AvgIpc) is 2.17. The van der Waals surface area contributed by atoms with Crippen molar-refractivity contribution in [1.82, 2.24) is 5.32 Å². The van der Waals surface area contributed by atoms with E-state index in [1.54, 1.807) is 0 Å². The van der Waals surface area contributed by atoms with Gasteiger partial charge < -0.3 is 0 Å². The highest BCUT2D eigenvalue weighted by Crippen LogP contribution is 2.43. The van der Waals surface area contributed by atoms with Gasteiger partial charge in [0.25, 0.3) is 0 Å². The number of nitrogens with one attached hydrogen (secondary N) is 1. The molecule has 1 aliphatic heterocycles. The van der Waals surface area contributed by atoms with Gasteiger partial charge in [0.05, 0.1) is 0 Å². The number of rotatable bonds is 4. The fourth-order valence-corrected chi connectivity index (χ4v) is 2.92. The summed E-state index contributed by atoms with van der Waals surface area (Å²) in [7, 11) is 0. The number of hydrogen-bond donors (Lipinski definition) is 1. The van der Waals surface area contributed by atoms with Crippen molar-refractivity contribution < 1.29 is 9.59 Å². The fraction of sp³-hybridized carbons (Fsp3) is 0.833. The minimum absolute atomic E-state index is 0.0140. The topological polar surface area (TPSA) is 46.2 Å². The number of piperidine rings is 1. The summed E-state index contributed by atoms with van der Waals surface area (Å²) in [6.45, 7) is 6.23. The van der Waals surface area contributed by atoms with E-state index in [-0.39, 0.29) is 23.1 Å². The maximum Gasteiger partial charge on any atom is 0.230 e. The van der Waals surface area contributed by atoms with Crippen LogP contribution in [0.1, 0.15) is 52.9 Å². The Bertz CT molecular complexity index is 262. The van der Waals surface area contributed by atoms with Crippen LogP contribution in [0.25, 0.3) is 0 Å². The third kappa shape index (κ3) is 2.21. The van der Waals surface area contributed by atoms with E-state index in [2.05, 4.69) is 19.2 Å². The van der Waals surface area contributed by atoms with Crippen molar-refractivity contribution >= 4 is 11.8 Å². The molecule has 1 saturated heterocycles. The van der Waals surface area contributed by atoms with Crippen molar-refractivity contribution in [3.63, 3.8) is 0 Å². The van der Waals surface area contributed by atoms with Crippen molar-refractivity contribution in [3.8, 4) is 0 Å². The van der Waals surface area contributed by atoms with E-state index in [1.807, 2.05) is 6.92 Å². The van der Waals surface area contributed by atoms with Gasteiger partial charge in [-0.05, 0) is 24.7 Å². The highest BCUT2D eigenvalue weighted by molar-refractivity contribution is 5.99. The van der Waals surface area contributed by atoms with E-state index in [0.29, 0.717) is 6.42 Å². The molecule has 0 saturated carbocycles. The number of imide groups is 1. The van der Waals surface area contributed by atoms with Crippen molar-refractivity contribution in [2.45, 2.75) is 52.9 Å². The van der Waals surface area contributed by atoms with Gasteiger partial charge in [-0.2, -0.15) is 0 Å². The molecule has 2 unspecified atom stereocenters. The average molecular weight is 211 g/mol. The molecular weight excluding hydrogens is 190 g/mol. The minimum Gasteiger partial charge on any atom is -0.296 e. The maximum atomic E-state index is 11.8. The summed E-state index contributed by atoms with van der Waals surface area (Å²) in [5, 5.41) is 2.45. The third-order valence-electron chi connectivity index (χ3n) is 3.69. The van der Waals surface area contributed by atoms with Gasteiger partial charge in [-0.25, -0.2) is 0 Å². The van der Waals surface area contributed by atoms with E-state index in [4.69, 9.17) is 0 Å². The second-order valence-electron chi connectivity index (χ2n) is 4.52. The Morgan fingerprint density at radius 3 is 2.47 bits per heavy atom. The predicted molar refractivity (Wildman–Crippen MR) is 59.2 cm³/mol. The third-order valence-corrected chi connectivity index (χ3v) is 3.69.